The summed E-state index contributed by atoms with van der Waals surface area (Å²) in [6, 6.07) is 6.05. The molecule has 0 spiro atoms. The number of thioether (sulfide) groups is 1. The van der Waals surface area contributed by atoms with Gasteiger partial charge < -0.3 is 4.42 Å². The second kappa shape index (κ2) is 4.36. The van der Waals surface area contributed by atoms with Gasteiger partial charge in [0.2, 0.25) is 0 Å². The van der Waals surface area contributed by atoms with Crippen molar-refractivity contribution in [2.24, 2.45) is 0 Å². The van der Waals surface area contributed by atoms with E-state index in [-0.39, 0.29) is 0 Å². The first-order valence-electron chi connectivity index (χ1n) is 4.35. The average Bonchev–Trinajstić information content (AvgIpc) is 2.56. The molecule has 0 fully saturated rings. The van der Waals surface area contributed by atoms with Crippen molar-refractivity contribution in [1.82, 2.24) is 4.98 Å². The molecule has 0 saturated heterocycles. The molecule has 0 amide bonds. The number of oxazole rings is 1. The minimum atomic E-state index is 0.755. The highest BCUT2D eigenvalue weighted by atomic mass is 79.9. The van der Waals surface area contributed by atoms with E-state index >= 15 is 0 Å². The quantitative estimate of drug-likeness (QED) is 0.630. The predicted octanol–water partition coefficient (Wildman–Crippen LogP) is 3.62. The monoisotopic (exact) mass is 271 g/mol. The molecular weight excluding hydrogens is 262 g/mol. The van der Waals surface area contributed by atoms with E-state index in [9.17, 15) is 0 Å². The summed E-state index contributed by atoms with van der Waals surface area (Å²) < 4.78 is 5.58. The average molecular weight is 272 g/mol. The number of fused-ring (bicyclic) bond motifs is 1. The Hall–Kier alpha value is -0.480. The van der Waals surface area contributed by atoms with Crippen LogP contribution in [-0.2, 0) is 0 Å². The largest absolute Gasteiger partial charge is 0.431 e. The number of hydrogen-bond acceptors (Lipinski definition) is 3. The number of rotatable bonds is 3. The van der Waals surface area contributed by atoms with Gasteiger partial charge in [-0.15, -0.1) is 0 Å². The van der Waals surface area contributed by atoms with E-state index in [1.807, 2.05) is 25.1 Å². The topological polar surface area (TPSA) is 26.0 Å². The Bertz CT molecular complexity index is 441. The van der Waals surface area contributed by atoms with Crippen molar-refractivity contribution in [3.63, 3.8) is 0 Å². The zero-order chi connectivity index (χ0) is 9.97. The van der Waals surface area contributed by atoms with Gasteiger partial charge in [-0.25, -0.2) is 4.98 Å². The Kier molecular flexibility index (Phi) is 3.13. The lowest BCUT2D eigenvalue weighted by Crippen LogP contribution is -1.77. The first-order valence-corrected chi connectivity index (χ1v) is 6.46. The van der Waals surface area contributed by atoms with Crippen LogP contribution in [0.3, 0.4) is 0 Å². The van der Waals surface area contributed by atoms with Gasteiger partial charge in [-0.2, -0.15) is 0 Å². The summed E-state index contributed by atoms with van der Waals surface area (Å²) in [6.07, 6.45) is 0. The Labute approximate surface area is 95.2 Å². The molecule has 0 aliphatic carbocycles. The number of alkyl halides is 1. The number of hydrogen-bond donors (Lipinski definition) is 0. The lowest BCUT2D eigenvalue weighted by Gasteiger charge is -1.89. The van der Waals surface area contributed by atoms with Crippen molar-refractivity contribution in [2.45, 2.75) is 12.1 Å². The predicted molar refractivity (Wildman–Crippen MR) is 63.3 cm³/mol. The number of benzene rings is 1. The van der Waals surface area contributed by atoms with E-state index in [1.165, 1.54) is 5.56 Å². The number of aromatic nitrogens is 1. The number of halogens is 1. The van der Waals surface area contributed by atoms with Crippen LogP contribution in [-0.4, -0.2) is 16.1 Å². The van der Waals surface area contributed by atoms with Gasteiger partial charge in [0, 0.05) is 11.1 Å². The van der Waals surface area contributed by atoms with E-state index in [0.29, 0.717) is 0 Å². The third-order valence-corrected chi connectivity index (χ3v) is 3.58. The zero-order valence-electron chi connectivity index (χ0n) is 7.79. The van der Waals surface area contributed by atoms with Crippen molar-refractivity contribution in [1.29, 1.82) is 0 Å². The fourth-order valence-electron chi connectivity index (χ4n) is 1.20. The summed E-state index contributed by atoms with van der Waals surface area (Å²) in [5.74, 6) is 0.978. The van der Waals surface area contributed by atoms with Crippen LogP contribution in [0.1, 0.15) is 5.56 Å². The highest BCUT2D eigenvalue weighted by Crippen LogP contribution is 2.24. The molecule has 0 aliphatic heterocycles. The minimum absolute atomic E-state index is 0.755. The molecule has 0 radical (unpaired) electrons. The number of aryl methyl sites for hydroxylation is 1. The molecule has 2 rings (SSSR count). The molecule has 1 aromatic carbocycles. The van der Waals surface area contributed by atoms with Crippen LogP contribution in [0.25, 0.3) is 11.1 Å². The lowest BCUT2D eigenvalue weighted by molar-refractivity contribution is 0.489. The standard InChI is InChI=1S/C10H10BrNOS/c1-7-2-3-8-9(6-7)13-10(12-8)14-5-4-11/h2-3,6H,4-5H2,1H3. The fraction of sp³-hybridized carbons (Fsp3) is 0.300. The Morgan fingerprint density at radius 1 is 1.50 bits per heavy atom. The normalized spacial score (nSPS) is 11.0. The smallest absolute Gasteiger partial charge is 0.256 e. The van der Waals surface area contributed by atoms with Crippen molar-refractivity contribution in [2.75, 3.05) is 11.1 Å². The van der Waals surface area contributed by atoms with Crippen LogP contribution in [0.15, 0.2) is 27.8 Å². The van der Waals surface area contributed by atoms with E-state index in [2.05, 4.69) is 20.9 Å². The van der Waals surface area contributed by atoms with Gasteiger partial charge in [0.1, 0.15) is 5.52 Å². The van der Waals surface area contributed by atoms with Gasteiger partial charge in [-0.05, 0) is 24.6 Å². The molecule has 0 bridgehead atoms. The Morgan fingerprint density at radius 2 is 2.36 bits per heavy atom. The van der Waals surface area contributed by atoms with E-state index in [4.69, 9.17) is 4.42 Å². The first kappa shape index (κ1) is 10.1. The van der Waals surface area contributed by atoms with Crippen molar-refractivity contribution in [3.05, 3.63) is 23.8 Å². The van der Waals surface area contributed by atoms with Crippen LogP contribution < -0.4 is 0 Å². The molecular formula is C10H10BrNOS. The Balaban J connectivity index is 2.32. The van der Waals surface area contributed by atoms with Crippen LogP contribution in [0.2, 0.25) is 0 Å². The van der Waals surface area contributed by atoms with Gasteiger partial charge >= 0.3 is 0 Å². The highest BCUT2D eigenvalue weighted by molar-refractivity contribution is 9.09. The van der Waals surface area contributed by atoms with E-state index < -0.39 is 0 Å². The lowest BCUT2D eigenvalue weighted by atomic mass is 10.2. The highest BCUT2D eigenvalue weighted by Gasteiger charge is 2.05. The summed E-state index contributed by atoms with van der Waals surface area (Å²) in [5, 5.41) is 1.71. The molecule has 0 atom stereocenters. The van der Waals surface area contributed by atoms with Crippen LogP contribution in [0, 0.1) is 6.92 Å². The van der Waals surface area contributed by atoms with Crippen molar-refractivity contribution < 1.29 is 4.42 Å². The summed E-state index contributed by atoms with van der Waals surface area (Å²) in [7, 11) is 0. The third-order valence-electron chi connectivity index (χ3n) is 1.83. The molecule has 2 nitrogen and oxygen atoms in total. The molecule has 4 heteroatoms. The maximum atomic E-state index is 5.58. The van der Waals surface area contributed by atoms with E-state index in [0.717, 1.165) is 27.4 Å². The SMILES string of the molecule is Cc1ccc2nc(SCCBr)oc2c1. The fourth-order valence-corrected chi connectivity index (χ4v) is 2.25. The maximum Gasteiger partial charge on any atom is 0.256 e. The second-order valence-electron chi connectivity index (χ2n) is 2.99. The molecule has 0 N–H and O–H groups in total. The third kappa shape index (κ3) is 2.12. The van der Waals surface area contributed by atoms with Crippen LogP contribution >= 0.6 is 27.7 Å². The summed E-state index contributed by atoms with van der Waals surface area (Å²) >= 11 is 5.00. The first-order chi connectivity index (χ1) is 6.79. The molecule has 1 heterocycles. The second-order valence-corrected chi connectivity index (χ2v) is 4.83. The molecule has 0 unspecified atom stereocenters. The van der Waals surface area contributed by atoms with Gasteiger partial charge in [-0.1, -0.05) is 33.8 Å². The molecule has 2 aromatic rings. The summed E-state index contributed by atoms with van der Waals surface area (Å²) in [6.45, 7) is 2.05. The molecule has 14 heavy (non-hydrogen) atoms. The van der Waals surface area contributed by atoms with Gasteiger partial charge in [0.15, 0.2) is 5.58 Å². The molecule has 74 valence electrons. The van der Waals surface area contributed by atoms with Gasteiger partial charge in [0.25, 0.3) is 5.22 Å². The molecule has 0 aliphatic rings. The molecule has 0 saturated carbocycles. The van der Waals surface area contributed by atoms with Crippen LogP contribution in [0.5, 0.6) is 0 Å². The van der Waals surface area contributed by atoms with Crippen molar-refractivity contribution >= 4 is 38.8 Å². The van der Waals surface area contributed by atoms with Crippen molar-refractivity contribution in [3.8, 4) is 0 Å². The van der Waals surface area contributed by atoms with Gasteiger partial charge in [-0.3, -0.25) is 0 Å². The summed E-state index contributed by atoms with van der Waals surface area (Å²) in [5.41, 5.74) is 3.01. The van der Waals surface area contributed by atoms with Crippen LogP contribution in [0.4, 0.5) is 0 Å². The zero-order valence-corrected chi connectivity index (χ0v) is 10.2. The maximum absolute atomic E-state index is 5.58. The van der Waals surface area contributed by atoms with Gasteiger partial charge in [0.05, 0.1) is 0 Å². The summed E-state index contributed by atoms with van der Waals surface area (Å²) in [4.78, 5) is 4.37. The number of nitrogens with zero attached hydrogens (tertiary/aromatic N) is 1. The minimum Gasteiger partial charge on any atom is -0.431 e. The van der Waals surface area contributed by atoms with E-state index in [1.54, 1.807) is 11.8 Å². The Morgan fingerprint density at radius 3 is 3.14 bits per heavy atom. The molecule has 1 aromatic heterocycles.